The second kappa shape index (κ2) is 5.85. The number of Topliss-reactive ketones (excluding diaryl/α,β-unsaturated/α-hetero) is 1. The van der Waals surface area contributed by atoms with Crippen LogP contribution < -0.4 is 0 Å². The second-order valence-electron chi connectivity index (χ2n) is 10.2. The van der Waals surface area contributed by atoms with E-state index in [1.54, 1.807) is 13.0 Å². The lowest BCUT2D eigenvalue weighted by molar-refractivity contribution is -0.205. The number of rotatable bonds is 2. The van der Waals surface area contributed by atoms with Crippen LogP contribution in [-0.4, -0.2) is 40.2 Å². The van der Waals surface area contributed by atoms with Gasteiger partial charge in [0.25, 0.3) is 0 Å². The molecule has 0 radical (unpaired) electrons. The van der Waals surface area contributed by atoms with Crippen LogP contribution in [0.5, 0.6) is 0 Å². The average Bonchev–Trinajstić information content (AvgIpc) is 2.84. The third-order valence-electron chi connectivity index (χ3n) is 9.53. The van der Waals surface area contributed by atoms with E-state index in [0.29, 0.717) is 19.3 Å². The van der Waals surface area contributed by atoms with Crippen molar-refractivity contribution >= 4 is 11.6 Å². The molecular weight excluding hydrogens is 359 g/mol. The van der Waals surface area contributed by atoms with Gasteiger partial charge >= 0.3 is 0 Å². The van der Waals surface area contributed by atoms with Crippen molar-refractivity contribution in [1.29, 1.82) is 0 Å². The van der Waals surface area contributed by atoms with E-state index in [1.165, 1.54) is 12.2 Å². The minimum atomic E-state index is -1.87. The van der Waals surface area contributed by atoms with E-state index in [-0.39, 0.29) is 29.8 Å². The van der Waals surface area contributed by atoms with Gasteiger partial charge in [-0.05, 0) is 62.0 Å². The molecule has 0 spiro atoms. The maximum atomic E-state index is 16.9. The Hall–Kier alpha value is -1.33. The highest BCUT2D eigenvalue weighted by Crippen LogP contribution is 2.72. The van der Waals surface area contributed by atoms with Crippen molar-refractivity contribution in [2.45, 2.75) is 65.2 Å². The molecule has 0 aromatic heterocycles. The Kier molecular flexibility index (Phi) is 4.17. The molecule has 4 nitrogen and oxygen atoms in total. The molecule has 28 heavy (non-hydrogen) atoms. The van der Waals surface area contributed by atoms with Crippen molar-refractivity contribution in [2.75, 3.05) is 6.61 Å². The maximum absolute atomic E-state index is 16.9. The van der Waals surface area contributed by atoms with Gasteiger partial charge in [0, 0.05) is 16.7 Å². The molecule has 4 aliphatic rings. The molecule has 0 bridgehead atoms. The Morgan fingerprint density at radius 2 is 1.96 bits per heavy atom. The third kappa shape index (κ3) is 2.02. The van der Waals surface area contributed by atoms with Crippen molar-refractivity contribution in [3.8, 4) is 0 Å². The standard InChI is InChI=1S/C23H31FO4/c1-13-9-17-16-6-5-14-10-15(26)7-8-20(14,2)23(16,24)18(27)11-21(17,3)22(13,4)19(28)12-25/h7-8,10,13,16-18,25,27H,5-6,9,11-12H2,1-4H3/t13-,16+,17+,18+,20+,21+,22-,23+/m1/s1. The van der Waals surface area contributed by atoms with Crippen molar-refractivity contribution in [3.05, 3.63) is 23.8 Å². The minimum Gasteiger partial charge on any atom is -0.390 e. The van der Waals surface area contributed by atoms with Gasteiger partial charge in [-0.15, -0.1) is 0 Å². The predicted octanol–water partition coefficient (Wildman–Crippen LogP) is 3.17. The molecule has 3 fully saturated rings. The van der Waals surface area contributed by atoms with Crippen LogP contribution in [0.2, 0.25) is 0 Å². The van der Waals surface area contributed by atoms with Crippen LogP contribution in [0.1, 0.15) is 53.4 Å². The van der Waals surface area contributed by atoms with Gasteiger partial charge < -0.3 is 10.2 Å². The van der Waals surface area contributed by atoms with Crippen LogP contribution in [-0.2, 0) is 9.59 Å². The number of carbonyl (C=O) groups is 2. The predicted molar refractivity (Wildman–Crippen MR) is 103 cm³/mol. The quantitative estimate of drug-likeness (QED) is 0.759. The van der Waals surface area contributed by atoms with E-state index >= 15 is 4.39 Å². The largest absolute Gasteiger partial charge is 0.390 e. The smallest absolute Gasteiger partial charge is 0.178 e. The molecule has 0 unspecified atom stereocenters. The first kappa shape index (κ1) is 20.0. The van der Waals surface area contributed by atoms with Gasteiger partial charge in [0.05, 0.1) is 6.10 Å². The topological polar surface area (TPSA) is 74.6 Å². The Labute approximate surface area is 165 Å². The van der Waals surface area contributed by atoms with E-state index in [0.717, 1.165) is 5.57 Å². The SMILES string of the molecule is C[C@@H]1C[C@H]2[C@@H]3CCC4=CC(=O)C=C[C@]4(C)[C@@]3(F)[C@@H](O)C[C@]2(C)[C@@]1(C)C(=O)CO. The Morgan fingerprint density at radius 1 is 1.29 bits per heavy atom. The van der Waals surface area contributed by atoms with Gasteiger partial charge in [0.1, 0.15) is 6.61 Å². The Morgan fingerprint density at radius 3 is 2.61 bits per heavy atom. The molecule has 0 heterocycles. The summed E-state index contributed by atoms with van der Waals surface area (Å²) in [7, 11) is 0. The lowest BCUT2D eigenvalue weighted by Gasteiger charge is -2.63. The molecule has 8 atom stereocenters. The van der Waals surface area contributed by atoms with Crippen LogP contribution in [0, 0.1) is 34.0 Å². The summed E-state index contributed by atoms with van der Waals surface area (Å²) in [6, 6.07) is 0. The Balaban J connectivity index is 1.84. The third-order valence-corrected chi connectivity index (χ3v) is 9.53. The van der Waals surface area contributed by atoms with Crippen LogP contribution in [0.25, 0.3) is 0 Å². The van der Waals surface area contributed by atoms with E-state index in [2.05, 4.69) is 0 Å². The molecular formula is C23H31FO4. The first-order valence-corrected chi connectivity index (χ1v) is 10.4. The highest BCUT2D eigenvalue weighted by Gasteiger charge is 2.74. The summed E-state index contributed by atoms with van der Waals surface area (Å²) < 4.78 is 16.9. The van der Waals surface area contributed by atoms with Gasteiger partial charge in [0.2, 0.25) is 0 Å². The fourth-order valence-corrected chi connectivity index (χ4v) is 7.53. The molecule has 0 amide bonds. The number of halogens is 1. The number of aliphatic hydroxyl groups excluding tert-OH is 2. The normalized spacial score (nSPS) is 52.5. The molecule has 4 rings (SSSR count). The number of carbonyl (C=O) groups excluding carboxylic acids is 2. The zero-order chi connectivity index (χ0) is 20.7. The fraction of sp³-hybridized carbons (Fsp3) is 0.739. The molecule has 0 saturated heterocycles. The average molecular weight is 390 g/mol. The molecule has 154 valence electrons. The van der Waals surface area contributed by atoms with Crippen molar-refractivity contribution < 1.29 is 24.2 Å². The van der Waals surface area contributed by atoms with E-state index in [1.807, 2.05) is 20.8 Å². The number of alkyl halides is 1. The van der Waals surface area contributed by atoms with Crippen molar-refractivity contribution in [3.63, 3.8) is 0 Å². The lowest BCUT2D eigenvalue weighted by atomic mass is 9.43. The van der Waals surface area contributed by atoms with E-state index in [4.69, 9.17) is 0 Å². The summed E-state index contributed by atoms with van der Waals surface area (Å²) in [5.41, 5.74) is -3.47. The summed E-state index contributed by atoms with van der Waals surface area (Å²) in [5, 5.41) is 20.8. The van der Waals surface area contributed by atoms with E-state index < -0.39 is 40.5 Å². The van der Waals surface area contributed by atoms with Crippen molar-refractivity contribution in [1.82, 2.24) is 0 Å². The molecule has 0 aromatic carbocycles. The fourth-order valence-electron chi connectivity index (χ4n) is 7.53. The molecule has 2 N–H and O–H groups in total. The van der Waals surface area contributed by atoms with Gasteiger partial charge in [-0.1, -0.05) is 32.4 Å². The highest BCUT2D eigenvalue weighted by molar-refractivity contribution is 6.01. The molecule has 5 heteroatoms. The summed E-state index contributed by atoms with van der Waals surface area (Å²) >= 11 is 0. The summed E-state index contributed by atoms with van der Waals surface area (Å²) in [6.07, 6.45) is 5.45. The van der Waals surface area contributed by atoms with Gasteiger partial charge in [-0.3, -0.25) is 9.59 Å². The monoisotopic (exact) mass is 390 g/mol. The van der Waals surface area contributed by atoms with Gasteiger partial charge in [-0.2, -0.15) is 0 Å². The first-order chi connectivity index (χ1) is 13.0. The lowest BCUT2D eigenvalue weighted by Crippen LogP contribution is -2.67. The Bertz CT molecular complexity index is 802. The number of aliphatic hydroxyl groups is 2. The summed E-state index contributed by atoms with van der Waals surface area (Å²) in [4.78, 5) is 24.7. The van der Waals surface area contributed by atoms with Crippen LogP contribution in [0.15, 0.2) is 23.8 Å². The number of allylic oxidation sites excluding steroid dienone is 4. The minimum absolute atomic E-state index is 0.00456. The van der Waals surface area contributed by atoms with Gasteiger partial charge in [0.15, 0.2) is 17.2 Å². The van der Waals surface area contributed by atoms with Crippen molar-refractivity contribution in [2.24, 2.45) is 34.0 Å². The maximum Gasteiger partial charge on any atom is 0.178 e. The zero-order valence-electron chi connectivity index (χ0n) is 17.2. The summed E-state index contributed by atoms with van der Waals surface area (Å²) in [5.74, 6) is -0.780. The van der Waals surface area contributed by atoms with Crippen LogP contribution >= 0.6 is 0 Å². The molecule has 0 aromatic rings. The number of hydrogen-bond donors (Lipinski definition) is 2. The molecule has 0 aliphatic heterocycles. The number of ketones is 2. The zero-order valence-corrected chi connectivity index (χ0v) is 17.2. The molecule has 3 saturated carbocycles. The van der Waals surface area contributed by atoms with E-state index in [9.17, 15) is 19.8 Å². The van der Waals surface area contributed by atoms with Crippen LogP contribution in [0.3, 0.4) is 0 Å². The summed E-state index contributed by atoms with van der Waals surface area (Å²) in [6.45, 7) is 7.18. The highest BCUT2D eigenvalue weighted by atomic mass is 19.1. The second-order valence-corrected chi connectivity index (χ2v) is 10.2. The molecule has 4 aliphatic carbocycles. The van der Waals surface area contributed by atoms with Crippen LogP contribution in [0.4, 0.5) is 4.39 Å². The first-order valence-electron chi connectivity index (χ1n) is 10.4. The number of fused-ring (bicyclic) bond motifs is 5. The number of hydrogen-bond acceptors (Lipinski definition) is 4. The van der Waals surface area contributed by atoms with Gasteiger partial charge in [-0.25, -0.2) is 4.39 Å².